The highest BCUT2D eigenvalue weighted by Gasteiger charge is 2.35. The highest BCUT2D eigenvalue weighted by molar-refractivity contribution is 5.85. The van der Waals surface area contributed by atoms with Gasteiger partial charge >= 0.3 is 6.18 Å². The van der Waals surface area contributed by atoms with Gasteiger partial charge in [0.25, 0.3) is 0 Å². The molecule has 2 aliphatic heterocycles. The Morgan fingerprint density at radius 2 is 1.89 bits per heavy atom. The van der Waals surface area contributed by atoms with E-state index in [9.17, 15) is 18.0 Å². The summed E-state index contributed by atoms with van der Waals surface area (Å²) < 4.78 is 44.2. The van der Waals surface area contributed by atoms with Crippen molar-refractivity contribution in [3.05, 3.63) is 29.8 Å². The molecule has 27 heavy (non-hydrogen) atoms. The molecule has 2 fully saturated rings. The average molecular weight is 407 g/mol. The lowest BCUT2D eigenvalue weighted by atomic mass is 9.89. The molecule has 2 bridgehead atoms. The maximum atomic E-state index is 13.0. The summed E-state index contributed by atoms with van der Waals surface area (Å²) in [5, 5.41) is 6.39. The lowest BCUT2D eigenvalue weighted by molar-refractivity contribution is -0.139. The number of halogens is 4. The van der Waals surface area contributed by atoms with E-state index in [4.69, 9.17) is 4.74 Å². The Hall–Kier alpha value is -1.47. The third kappa shape index (κ3) is 6.01. The van der Waals surface area contributed by atoms with E-state index in [1.54, 1.807) is 6.92 Å². The van der Waals surface area contributed by atoms with Crippen LogP contribution in [0.25, 0.3) is 0 Å². The number of carbonyl (C=O) groups excluding carboxylic acids is 1. The predicted octanol–water partition coefficient (Wildman–Crippen LogP) is 3.93. The van der Waals surface area contributed by atoms with Crippen LogP contribution in [-0.4, -0.2) is 30.6 Å². The third-order valence-electron chi connectivity index (χ3n) is 5.13. The summed E-state index contributed by atoms with van der Waals surface area (Å²) in [7, 11) is 0. The zero-order valence-electron chi connectivity index (χ0n) is 15.2. The van der Waals surface area contributed by atoms with Gasteiger partial charge in [-0.2, -0.15) is 13.2 Å². The minimum Gasteiger partial charge on any atom is -0.491 e. The van der Waals surface area contributed by atoms with Crippen LogP contribution in [0.15, 0.2) is 24.3 Å². The van der Waals surface area contributed by atoms with Gasteiger partial charge in [-0.3, -0.25) is 4.79 Å². The number of alkyl halides is 3. The van der Waals surface area contributed by atoms with Crippen LogP contribution in [-0.2, 0) is 11.0 Å². The Labute approximate surface area is 163 Å². The van der Waals surface area contributed by atoms with Gasteiger partial charge in [-0.25, -0.2) is 0 Å². The van der Waals surface area contributed by atoms with E-state index in [0.717, 1.165) is 18.9 Å². The Balaban J connectivity index is 0.00000261. The quantitative estimate of drug-likeness (QED) is 0.752. The molecule has 4 nitrogen and oxygen atoms in total. The van der Waals surface area contributed by atoms with Gasteiger partial charge in [0, 0.05) is 18.5 Å². The molecule has 8 heteroatoms. The summed E-state index contributed by atoms with van der Waals surface area (Å²) in [4.78, 5) is 12.2. The number of hydrogen-bond donors (Lipinski definition) is 2. The number of amides is 1. The minimum absolute atomic E-state index is 0. The van der Waals surface area contributed by atoms with Crippen LogP contribution in [0, 0.1) is 5.92 Å². The van der Waals surface area contributed by atoms with Crippen molar-refractivity contribution >= 4 is 18.3 Å². The number of para-hydroxylation sites is 1. The van der Waals surface area contributed by atoms with Gasteiger partial charge < -0.3 is 15.4 Å². The first-order chi connectivity index (χ1) is 12.3. The van der Waals surface area contributed by atoms with Gasteiger partial charge in [0.15, 0.2) is 0 Å². The summed E-state index contributed by atoms with van der Waals surface area (Å²) in [6.07, 6.45) is 0.425. The first-order valence-electron chi connectivity index (χ1n) is 9.15. The number of rotatable bonds is 6. The van der Waals surface area contributed by atoms with Crippen LogP contribution in [0.3, 0.4) is 0 Å². The normalized spacial score (nSPS) is 25.4. The lowest BCUT2D eigenvalue weighted by Gasteiger charge is -2.29. The van der Waals surface area contributed by atoms with Crippen molar-refractivity contribution in [3.63, 3.8) is 0 Å². The van der Waals surface area contributed by atoms with Gasteiger partial charge in [0.1, 0.15) is 12.4 Å². The SMILES string of the molecule is CC(COc1ccccc1C(F)(F)F)NC(=O)CC1CC2CCC(C1)N2.Cl. The molecule has 2 saturated heterocycles. The first-order valence-corrected chi connectivity index (χ1v) is 9.15. The molecule has 0 saturated carbocycles. The van der Waals surface area contributed by atoms with E-state index in [1.807, 2.05) is 0 Å². The number of nitrogens with one attached hydrogen (secondary N) is 2. The van der Waals surface area contributed by atoms with Crippen LogP contribution >= 0.6 is 12.4 Å². The van der Waals surface area contributed by atoms with Crippen molar-refractivity contribution in [1.82, 2.24) is 10.6 Å². The number of ether oxygens (including phenoxy) is 1. The molecular formula is C19H26ClF3N2O2. The monoisotopic (exact) mass is 406 g/mol. The summed E-state index contributed by atoms with van der Waals surface area (Å²) in [6, 6.07) is 5.82. The first kappa shape index (κ1) is 21.8. The summed E-state index contributed by atoms with van der Waals surface area (Å²) >= 11 is 0. The molecule has 1 amide bonds. The number of carbonyl (C=O) groups is 1. The topological polar surface area (TPSA) is 50.4 Å². The van der Waals surface area contributed by atoms with Gasteiger partial charge in [-0.1, -0.05) is 12.1 Å². The highest BCUT2D eigenvalue weighted by atomic mass is 35.5. The van der Waals surface area contributed by atoms with Crippen LogP contribution in [0.1, 0.15) is 44.6 Å². The summed E-state index contributed by atoms with van der Waals surface area (Å²) in [5.41, 5.74) is -0.802. The van der Waals surface area contributed by atoms with Gasteiger partial charge in [0.2, 0.25) is 5.91 Å². The largest absolute Gasteiger partial charge is 0.491 e. The molecule has 1 aromatic rings. The second kappa shape index (κ2) is 9.15. The Morgan fingerprint density at radius 1 is 1.26 bits per heavy atom. The molecule has 2 N–H and O–H groups in total. The lowest BCUT2D eigenvalue weighted by Crippen LogP contribution is -2.42. The van der Waals surface area contributed by atoms with Gasteiger partial charge in [-0.05, 0) is 50.7 Å². The van der Waals surface area contributed by atoms with E-state index >= 15 is 0 Å². The second-order valence-electron chi connectivity index (χ2n) is 7.45. The van der Waals surface area contributed by atoms with Crippen LogP contribution in [0.2, 0.25) is 0 Å². The molecule has 0 aromatic heterocycles. The van der Waals surface area contributed by atoms with Crippen LogP contribution < -0.4 is 15.4 Å². The zero-order valence-corrected chi connectivity index (χ0v) is 16.0. The molecule has 0 radical (unpaired) electrons. The molecule has 0 aliphatic carbocycles. The second-order valence-corrected chi connectivity index (χ2v) is 7.45. The van der Waals surface area contributed by atoms with Gasteiger partial charge in [-0.15, -0.1) is 12.4 Å². The molecule has 3 unspecified atom stereocenters. The molecule has 3 atom stereocenters. The molecule has 1 aromatic carbocycles. The maximum Gasteiger partial charge on any atom is 0.419 e. The number of fused-ring (bicyclic) bond motifs is 2. The molecule has 0 spiro atoms. The summed E-state index contributed by atoms with van der Waals surface area (Å²) in [6.45, 7) is 1.73. The van der Waals surface area contributed by atoms with E-state index in [1.165, 1.54) is 31.0 Å². The number of benzene rings is 1. The Bertz CT molecular complexity index is 630. The third-order valence-corrected chi connectivity index (χ3v) is 5.13. The molecular weight excluding hydrogens is 381 g/mol. The van der Waals surface area contributed by atoms with E-state index in [2.05, 4.69) is 10.6 Å². The average Bonchev–Trinajstić information content (AvgIpc) is 2.91. The van der Waals surface area contributed by atoms with Crippen molar-refractivity contribution in [1.29, 1.82) is 0 Å². The van der Waals surface area contributed by atoms with Gasteiger partial charge in [0.05, 0.1) is 11.6 Å². The molecule has 3 rings (SSSR count). The molecule has 152 valence electrons. The smallest absolute Gasteiger partial charge is 0.419 e. The predicted molar refractivity (Wildman–Crippen MR) is 99.1 cm³/mol. The van der Waals surface area contributed by atoms with Crippen molar-refractivity contribution in [2.24, 2.45) is 5.92 Å². The fourth-order valence-electron chi connectivity index (χ4n) is 4.02. The van der Waals surface area contributed by atoms with E-state index in [-0.39, 0.29) is 36.7 Å². The number of piperidine rings is 1. The Kier molecular flexibility index (Phi) is 7.40. The number of hydrogen-bond acceptors (Lipinski definition) is 3. The fraction of sp³-hybridized carbons (Fsp3) is 0.632. The highest BCUT2D eigenvalue weighted by Crippen LogP contribution is 2.36. The molecule has 2 aliphatic rings. The van der Waals surface area contributed by atoms with Crippen molar-refractivity contribution in [3.8, 4) is 5.75 Å². The maximum absolute atomic E-state index is 13.0. The van der Waals surface area contributed by atoms with Crippen molar-refractivity contribution in [2.75, 3.05) is 6.61 Å². The molecule has 2 heterocycles. The zero-order chi connectivity index (χ0) is 18.7. The summed E-state index contributed by atoms with van der Waals surface area (Å²) in [5.74, 6) is 0.111. The standard InChI is InChI=1S/C19H25F3N2O2.ClH/c1-12(11-26-17-5-3-2-4-16(17)19(20,21)22)23-18(25)10-13-8-14-6-7-15(9-13)24-14;/h2-5,12-15,24H,6-11H2,1H3,(H,23,25);1H. The van der Waals surface area contributed by atoms with Crippen molar-refractivity contribution < 1.29 is 22.7 Å². The van der Waals surface area contributed by atoms with E-state index < -0.39 is 11.7 Å². The van der Waals surface area contributed by atoms with E-state index in [0.29, 0.717) is 24.4 Å². The Morgan fingerprint density at radius 3 is 2.52 bits per heavy atom. The van der Waals surface area contributed by atoms with Crippen LogP contribution in [0.5, 0.6) is 5.75 Å². The minimum atomic E-state index is -4.46. The van der Waals surface area contributed by atoms with Crippen molar-refractivity contribution in [2.45, 2.75) is 63.3 Å². The van der Waals surface area contributed by atoms with Crippen LogP contribution in [0.4, 0.5) is 13.2 Å². The fourth-order valence-corrected chi connectivity index (χ4v) is 4.02.